The molecule has 0 saturated carbocycles. The van der Waals surface area contributed by atoms with E-state index in [-0.39, 0.29) is 12.0 Å². The van der Waals surface area contributed by atoms with Crippen LogP contribution in [0.5, 0.6) is 0 Å². The summed E-state index contributed by atoms with van der Waals surface area (Å²) in [7, 11) is 0. The van der Waals surface area contributed by atoms with Crippen molar-refractivity contribution >= 4 is 5.97 Å². The fourth-order valence-electron chi connectivity index (χ4n) is 1.61. The molecule has 1 fully saturated rings. The fourth-order valence-corrected chi connectivity index (χ4v) is 1.61. The minimum absolute atomic E-state index is 0.157. The smallest absolute Gasteiger partial charge is 0.322 e. The Bertz CT molecular complexity index is 179. The van der Waals surface area contributed by atoms with Gasteiger partial charge in [0.05, 0.1) is 6.61 Å². The summed E-state index contributed by atoms with van der Waals surface area (Å²) in [4.78, 5) is 11.3. The second-order valence-corrected chi connectivity index (χ2v) is 3.59. The van der Waals surface area contributed by atoms with Crippen LogP contribution in [0.1, 0.15) is 26.7 Å². The lowest BCUT2D eigenvalue weighted by Crippen LogP contribution is -2.45. The summed E-state index contributed by atoms with van der Waals surface area (Å²) in [5.41, 5.74) is 0. The molecule has 0 aromatic carbocycles. The Kier molecular flexibility index (Phi) is 4.90. The van der Waals surface area contributed by atoms with E-state index in [0.717, 1.165) is 25.9 Å². The summed E-state index contributed by atoms with van der Waals surface area (Å²) in [5, 5.41) is 7.53. The Morgan fingerprint density at radius 1 is 1.57 bits per heavy atom. The number of hydrogen-bond acceptors (Lipinski definition) is 3. The van der Waals surface area contributed by atoms with Crippen molar-refractivity contribution in [1.82, 2.24) is 10.6 Å². The summed E-state index contributed by atoms with van der Waals surface area (Å²) < 4.78 is 4.92. The standard InChI is InChI=1S/C10H19N2O2/c1-3-14-10(13)8(2)12-9-4-6-11-7-5-9/h8-9,12H,3-7H2,1-2H3. The van der Waals surface area contributed by atoms with Gasteiger partial charge >= 0.3 is 5.97 Å². The molecule has 1 saturated heterocycles. The number of nitrogens with zero attached hydrogens (tertiary/aromatic N) is 1. The second kappa shape index (κ2) is 5.98. The zero-order valence-electron chi connectivity index (χ0n) is 8.95. The lowest BCUT2D eigenvalue weighted by Gasteiger charge is -2.25. The van der Waals surface area contributed by atoms with Crippen molar-refractivity contribution in [3.63, 3.8) is 0 Å². The highest BCUT2D eigenvalue weighted by Gasteiger charge is 2.20. The minimum Gasteiger partial charge on any atom is -0.465 e. The molecule has 4 nitrogen and oxygen atoms in total. The third-order valence-corrected chi connectivity index (χ3v) is 2.40. The summed E-state index contributed by atoms with van der Waals surface area (Å²) >= 11 is 0. The number of piperidine rings is 1. The Morgan fingerprint density at radius 2 is 2.21 bits per heavy atom. The van der Waals surface area contributed by atoms with E-state index in [1.165, 1.54) is 0 Å². The average molecular weight is 199 g/mol. The lowest BCUT2D eigenvalue weighted by atomic mass is 10.1. The average Bonchev–Trinajstić information content (AvgIpc) is 2.19. The predicted molar refractivity (Wildman–Crippen MR) is 54.1 cm³/mol. The molecule has 0 aliphatic carbocycles. The first kappa shape index (κ1) is 11.5. The van der Waals surface area contributed by atoms with Crippen molar-refractivity contribution in [2.75, 3.05) is 19.7 Å². The van der Waals surface area contributed by atoms with Gasteiger partial charge in [-0.15, -0.1) is 0 Å². The fraction of sp³-hybridized carbons (Fsp3) is 0.900. The summed E-state index contributed by atoms with van der Waals surface area (Å²) in [6.07, 6.45) is 2.06. The van der Waals surface area contributed by atoms with Crippen molar-refractivity contribution in [2.45, 2.75) is 38.8 Å². The maximum Gasteiger partial charge on any atom is 0.322 e. The molecule has 0 spiro atoms. The summed E-state index contributed by atoms with van der Waals surface area (Å²) in [6, 6.07) is 0.227. The van der Waals surface area contributed by atoms with Crippen LogP contribution in [-0.4, -0.2) is 37.7 Å². The first-order valence-corrected chi connectivity index (χ1v) is 5.30. The third-order valence-electron chi connectivity index (χ3n) is 2.40. The van der Waals surface area contributed by atoms with Crippen LogP contribution in [-0.2, 0) is 9.53 Å². The van der Waals surface area contributed by atoms with Crippen LogP contribution < -0.4 is 10.6 Å². The molecule has 14 heavy (non-hydrogen) atoms. The Hall–Kier alpha value is -0.610. The van der Waals surface area contributed by atoms with Gasteiger partial charge in [0.1, 0.15) is 6.04 Å². The second-order valence-electron chi connectivity index (χ2n) is 3.59. The Labute approximate surface area is 85.4 Å². The summed E-state index contributed by atoms with van der Waals surface area (Å²) in [5.74, 6) is -0.157. The van der Waals surface area contributed by atoms with Crippen LogP contribution in [0.4, 0.5) is 0 Å². The van der Waals surface area contributed by atoms with Crippen LogP contribution in [0.2, 0.25) is 0 Å². The summed E-state index contributed by atoms with van der Waals surface area (Å²) in [6.45, 7) is 5.94. The molecule has 4 heteroatoms. The van der Waals surface area contributed by atoms with Gasteiger partial charge in [-0.05, 0) is 26.7 Å². The van der Waals surface area contributed by atoms with Crippen molar-refractivity contribution < 1.29 is 9.53 Å². The van der Waals surface area contributed by atoms with Crippen molar-refractivity contribution in [3.8, 4) is 0 Å². The van der Waals surface area contributed by atoms with E-state index in [2.05, 4.69) is 10.6 Å². The number of carbonyl (C=O) groups excluding carboxylic acids is 1. The number of rotatable bonds is 4. The van der Waals surface area contributed by atoms with Crippen molar-refractivity contribution in [3.05, 3.63) is 0 Å². The maximum atomic E-state index is 11.3. The predicted octanol–water partition coefficient (Wildman–Crippen LogP) is 0.294. The minimum atomic E-state index is -0.196. The number of ether oxygens (including phenoxy) is 1. The maximum absolute atomic E-state index is 11.3. The topological polar surface area (TPSA) is 52.4 Å². The molecular formula is C10H19N2O2. The molecule has 1 unspecified atom stereocenters. The molecule has 0 aromatic rings. The van der Waals surface area contributed by atoms with Gasteiger partial charge in [-0.25, -0.2) is 5.32 Å². The molecule has 1 atom stereocenters. The normalized spacial score (nSPS) is 20.4. The van der Waals surface area contributed by atoms with Crippen LogP contribution >= 0.6 is 0 Å². The number of hydrogen-bond donors (Lipinski definition) is 1. The van der Waals surface area contributed by atoms with Crippen LogP contribution in [0.3, 0.4) is 0 Å². The Balaban J connectivity index is 2.24. The van der Waals surface area contributed by atoms with Gasteiger partial charge in [0, 0.05) is 19.1 Å². The molecule has 0 amide bonds. The molecule has 1 N–H and O–H groups in total. The molecule has 1 aliphatic heterocycles. The highest BCUT2D eigenvalue weighted by molar-refractivity contribution is 5.75. The van der Waals surface area contributed by atoms with E-state index in [4.69, 9.17) is 4.74 Å². The van der Waals surface area contributed by atoms with Crippen LogP contribution in [0, 0.1) is 0 Å². The van der Waals surface area contributed by atoms with Gasteiger partial charge in [0.15, 0.2) is 0 Å². The highest BCUT2D eigenvalue weighted by Crippen LogP contribution is 2.04. The third kappa shape index (κ3) is 3.64. The van der Waals surface area contributed by atoms with E-state index < -0.39 is 0 Å². The quantitative estimate of drug-likeness (QED) is 0.662. The van der Waals surface area contributed by atoms with Gasteiger partial charge in [0.2, 0.25) is 0 Å². The first-order valence-electron chi connectivity index (χ1n) is 5.30. The van der Waals surface area contributed by atoms with Crippen molar-refractivity contribution in [2.24, 2.45) is 0 Å². The molecular weight excluding hydrogens is 180 g/mol. The number of esters is 1. The first-order chi connectivity index (χ1) is 6.74. The molecule has 1 heterocycles. The van der Waals surface area contributed by atoms with E-state index in [0.29, 0.717) is 12.6 Å². The van der Waals surface area contributed by atoms with Crippen molar-refractivity contribution in [1.29, 1.82) is 0 Å². The molecule has 1 rings (SSSR count). The molecule has 0 aromatic heterocycles. The largest absolute Gasteiger partial charge is 0.465 e. The molecule has 0 bridgehead atoms. The van der Waals surface area contributed by atoms with E-state index in [1.54, 1.807) is 0 Å². The van der Waals surface area contributed by atoms with Gasteiger partial charge in [-0.3, -0.25) is 4.79 Å². The van der Waals surface area contributed by atoms with Crippen LogP contribution in [0.15, 0.2) is 0 Å². The monoisotopic (exact) mass is 199 g/mol. The SMILES string of the molecule is CCOC(=O)C(C)NC1CC[N]CC1. The molecule has 1 radical (unpaired) electrons. The molecule has 81 valence electrons. The zero-order chi connectivity index (χ0) is 10.4. The lowest BCUT2D eigenvalue weighted by molar-refractivity contribution is -0.145. The van der Waals surface area contributed by atoms with Gasteiger partial charge < -0.3 is 10.1 Å². The molecule has 1 aliphatic rings. The van der Waals surface area contributed by atoms with Crippen LogP contribution in [0.25, 0.3) is 0 Å². The highest BCUT2D eigenvalue weighted by atomic mass is 16.5. The number of nitrogens with one attached hydrogen (secondary N) is 1. The van der Waals surface area contributed by atoms with Gasteiger partial charge in [0.25, 0.3) is 0 Å². The zero-order valence-corrected chi connectivity index (χ0v) is 8.95. The van der Waals surface area contributed by atoms with E-state index in [9.17, 15) is 4.79 Å². The van der Waals surface area contributed by atoms with Gasteiger partial charge in [-0.1, -0.05) is 0 Å². The van der Waals surface area contributed by atoms with E-state index >= 15 is 0 Å². The van der Waals surface area contributed by atoms with E-state index in [1.807, 2.05) is 13.8 Å². The number of carbonyl (C=O) groups is 1. The van der Waals surface area contributed by atoms with Gasteiger partial charge in [-0.2, -0.15) is 0 Å². The Morgan fingerprint density at radius 3 is 2.79 bits per heavy atom.